The number of nitrogens with one attached hydrogen (secondary N) is 3. The molecule has 0 saturated carbocycles. The van der Waals surface area contributed by atoms with Crippen molar-refractivity contribution in [1.29, 1.82) is 5.26 Å². The van der Waals surface area contributed by atoms with E-state index in [4.69, 9.17) is 5.26 Å². The number of aliphatic imine (C=N–C) groups is 1. The minimum atomic E-state index is -0.233. The molecule has 0 aliphatic rings. The van der Waals surface area contributed by atoms with Crippen molar-refractivity contribution in [2.45, 2.75) is 13.0 Å². The molecule has 1 heterocycles. The molecule has 0 atom stereocenters. The van der Waals surface area contributed by atoms with E-state index < -0.39 is 0 Å². The van der Waals surface area contributed by atoms with E-state index in [1.54, 1.807) is 25.2 Å². The molecular weight excluding hydrogens is 329 g/mol. The van der Waals surface area contributed by atoms with Crippen molar-refractivity contribution < 1.29 is 4.39 Å². The third-order valence-corrected chi connectivity index (χ3v) is 4.16. The van der Waals surface area contributed by atoms with E-state index in [2.05, 4.69) is 26.7 Å². The molecule has 0 radical (unpaired) electrons. The molecule has 2 aromatic carbocycles. The van der Waals surface area contributed by atoms with Gasteiger partial charge in [0.2, 0.25) is 0 Å². The number of aromatic amines is 1. The molecular formula is C20H20FN5. The summed E-state index contributed by atoms with van der Waals surface area (Å²) in [6, 6.07) is 14.3. The van der Waals surface area contributed by atoms with Gasteiger partial charge in [0.05, 0.1) is 11.6 Å². The van der Waals surface area contributed by atoms with Gasteiger partial charge in [0.25, 0.3) is 0 Å². The molecule has 3 rings (SSSR count). The number of hydrogen-bond acceptors (Lipinski definition) is 2. The Balaban J connectivity index is 1.54. The van der Waals surface area contributed by atoms with E-state index in [-0.39, 0.29) is 5.82 Å². The number of fused-ring (bicyclic) bond motifs is 1. The lowest BCUT2D eigenvalue weighted by molar-refractivity contribution is 0.629. The Kier molecular flexibility index (Phi) is 5.49. The van der Waals surface area contributed by atoms with Gasteiger partial charge in [-0.25, -0.2) is 4.39 Å². The predicted molar refractivity (Wildman–Crippen MR) is 101 cm³/mol. The fourth-order valence-corrected chi connectivity index (χ4v) is 2.83. The van der Waals surface area contributed by atoms with E-state index in [9.17, 15) is 4.39 Å². The highest BCUT2D eigenvalue weighted by molar-refractivity contribution is 5.83. The van der Waals surface area contributed by atoms with Crippen LogP contribution in [0.5, 0.6) is 0 Å². The van der Waals surface area contributed by atoms with E-state index in [1.165, 1.54) is 6.07 Å². The summed E-state index contributed by atoms with van der Waals surface area (Å²) >= 11 is 0. The van der Waals surface area contributed by atoms with Gasteiger partial charge < -0.3 is 15.6 Å². The SMILES string of the molecule is CN=C(NCCc1c[nH]c2ccc(F)cc12)NCc1cccc(C#N)c1. The fourth-order valence-electron chi connectivity index (χ4n) is 2.83. The van der Waals surface area contributed by atoms with E-state index in [0.29, 0.717) is 24.6 Å². The highest BCUT2D eigenvalue weighted by atomic mass is 19.1. The number of hydrogen-bond donors (Lipinski definition) is 3. The Morgan fingerprint density at radius 3 is 2.92 bits per heavy atom. The Morgan fingerprint density at radius 2 is 2.12 bits per heavy atom. The molecule has 0 fully saturated rings. The molecule has 0 unspecified atom stereocenters. The van der Waals surface area contributed by atoms with Crippen LogP contribution >= 0.6 is 0 Å². The second-order valence-electron chi connectivity index (χ2n) is 5.92. The molecule has 0 amide bonds. The summed E-state index contributed by atoms with van der Waals surface area (Å²) in [6.45, 7) is 1.24. The lowest BCUT2D eigenvalue weighted by Crippen LogP contribution is -2.37. The first-order chi connectivity index (χ1) is 12.7. The predicted octanol–water partition coefficient (Wildman–Crippen LogP) is 3.09. The van der Waals surface area contributed by atoms with Gasteiger partial charge in [0, 0.05) is 37.2 Å². The number of H-pyrrole nitrogens is 1. The van der Waals surface area contributed by atoms with Crippen LogP contribution in [0.1, 0.15) is 16.7 Å². The van der Waals surface area contributed by atoms with Gasteiger partial charge in [-0.05, 0) is 47.9 Å². The van der Waals surface area contributed by atoms with Gasteiger partial charge >= 0.3 is 0 Å². The number of benzene rings is 2. The van der Waals surface area contributed by atoms with Crippen LogP contribution in [0.15, 0.2) is 53.7 Å². The summed E-state index contributed by atoms with van der Waals surface area (Å²) in [6.07, 6.45) is 2.66. The van der Waals surface area contributed by atoms with Crippen molar-refractivity contribution in [3.05, 3.63) is 71.2 Å². The molecule has 1 aromatic heterocycles. The molecule has 5 nitrogen and oxygen atoms in total. The standard InChI is InChI=1S/C20H20FN5/c1-23-20(26-12-15-4-2-3-14(9-15)11-22)24-8-7-16-13-25-19-6-5-17(21)10-18(16)19/h2-6,9-10,13,25H,7-8,12H2,1H3,(H2,23,24,26). The Labute approximate surface area is 151 Å². The fraction of sp³-hybridized carbons (Fsp3) is 0.200. The summed E-state index contributed by atoms with van der Waals surface area (Å²) in [5, 5.41) is 16.3. The van der Waals surface area contributed by atoms with Crippen molar-refractivity contribution in [2.24, 2.45) is 4.99 Å². The molecule has 26 heavy (non-hydrogen) atoms. The Hall–Kier alpha value is -3.33. The minimum absolute atomic E-state index is 0.233. The molecule has 0 aliphatic heterocycles. The second kappa shape index (κ2) is 8.17. The molecule has 0 bridgehead atoms. The number of guanidine groups is 1. The highest BCUT2D eigenvalue weighted by Gasteiger charge is 2.05. The van der Waals surface area contributed by atoms with Crippen LogP contribution in [-0.4, -0.2) is 24.5 Å². The first-order valence-corrected chi connectivity index (χ1v) is 8.38. The monoisotopic (exact) mass is 349 g/mol. The average Bonchev–Trinajstić information content (AvgIpc) is 3.06. The van der Waals surface area contributed by atoms with Crippen LogP contribution in [0, 0.1) is 17.1 Å². The van der Waals surface area contributed by atoms with Gasteiger partial charge in [-0.3, -0.25) is 4.99 Å². The minimum Gasteiger partial charge on any atom is -0.361 e. The lowest BCUT2D eigenvalue weighted by Gasteiger charge is -2.12. The van der Waals surface area contributed by atoms with Crippen LogP contribution in [0.25, 0.3) is 10.9 Å². The van der Waals surface area contributed by atoms with Crippen LogP contribution in [0.3, 0.4) is 0 Å². The number of nitriles is 1. The van der Waals surface area contributed by atoms with Crippen molar-refractivity contribution in [3.8, 4) is 6.07 Å². The zero-order valence-corrected chi connectivity index (χ0v) is 14.5. The first kappa shape index (κ1) is 17.5. The van der Waals surface area contributed by atoms with Gasteiger partial charge in [0.15, 0.2) is 5.96 Å². The van der Waals surface area contributed by atoms with E-state index >= 15 is 0 Å². The summed E-state index contributed by atoms with van der Waals surface area (Å²) in [5.74, 6) is 0.446. The van der Waals surface area contributed by atoms with Gasteiger partial charge in [0.1, 0.15) is 5.82 Å². The largest absolute Gasteiger partial charge is 0.361 e. The molecule has 0 aliphatic carbocycles. The highest BCUT2D eigenvalue weighted by Crippen LogP contribution is 2.19. The van der Waals surface area contributed by atoms with E-state index in [0.717, 1.165) is 28.5 Å². The van der Waals surface area contributed by atoms with Gasteiger partial charge in [-0.15, -0.1) is 0 Å². The van der Waals surface area contributed by atoms with Crippen LogP contribution < -0.4 is 10.6 Å². The maximum Gasteiger partial charge on any atom is 0.191 e. The Morgan fingerprint density at radius 1 is 1.23 bits per heavy atom. The van der Waals surface area contributed by atoms with Crippen molar-refractivity contribution in [3.63, 3.8) is 0 Å². The molecule has 0 saturated heterocycles. The van der Waals surface area contributed by atoms with E-state index in [1.807, 2.05) is 24.4 Å². The van der Waals surface area contributed by atoms with Crippen LogP contribution in [0.2, 0.25) is 0 Å². The summed E-state index contributed by atoms with van der Waals surface area (Å²) in [4.78, 5) is 7.36. The molecule has 0 spiro atoms. The second-order valence-corrected chi connectivity index (χ2v) is 5.92. The molecule has 6 heteroatoms. The maximum absolute atomic E-state index is 13.4. The zero-order chi connectivity index (χ0) is 18.4. The van der Waals surface area contributed by atoms with Crippen molar-refractivity contribution in [2.75, 3.05) is 13.6 Å². The van der Waals surface area contributed by atoms with Gasteiger partial charge in [-0.2, -0.15) is 5.26 Å². The lowest BCUT2D eigenvalue weighted by atomic mass is 10.1. The average molecular weight is 349 g/mol. The zero-order valence-electron chi connectivity index (χ0n) is 14.5. The smallest absolute Gasteiger partial charge is 0.191 e. The topological polar surface area (TPSA) is 76.0 Å². The number of halogens is 1. The number of rotatable bonds is 5. The third kappa shape index (κ3) is 4.19. The molecule has 3 N–H and O–H groups in total. The summed E-state index contributed by atoms with van der Waals surface area (Å²) in [5.41, 5.74) is 3.64. The summed E-state index contributed by atoms with van der Waals surface area (Å²) < 4.78 is 13.4. The quantitative estimate of drug-likeness (QED) is 0.489. The maximum atomic E-state index is 13.4. The van der Waals surface area contributed by atoms with Crippen LogP contribution in [0.4, 0.5) is 4.39 Å². The third-order valence-electron chi connectivity index (χ3n) is 4.16. The molecule has 3 aromatic rings. The van der Waals surface area contributed by atoms with Crippen molar-refractivity contribution in [1.82, 2.24) is 15.6 Å². The summed E-state index contributed by atoms with van der Waals surface area (Å²) in [7, 11) is 1.71. The number of nitrogens with zero attached hydrogens (tertiary/aromatic N) is 2. The first-order valence-electron chi connectivity index (χ1n) is 8.38. The number of aromatic nitrogens is 1. The molecule has 132 valence electrons. The normalized spacial score (nSPS) is 11.3. The van der Waals surface area contributed by atoms with Gasteiger partial charge in [-0.1, -0.05) is 12.1 Å². The van der Waals surface area contributed by atoms with Crippen molar-refractivity contribution >= 4 is 16.9 Å². The van der Waals surface area contributed by atoms with Crippen LogP contribution in [-0.2, 0) is 13.0 Å². The Bertz CT molecular complexity index is 968.